The van der Waals surface area contributed by atoms with E-state index in [9.17, 15) is 4.79 Å². The smallest absolute Gasteiger partial charge is 0.258 e. The molecular weight excluding hydrogens is 444 g/mol. The van der Waals surface area contributed by atoms with Crippen LogP contribution in [0.1, 0.15) is 21.1 Å². The number of amides is 1. The van der Waals surface area contributed by atoms with Gasteiger partial charge in [-0.3, -0.25) is 4.79 Å². The van der Waals surface area contributed by atoms with Crippen LogP contribution >= 0.6 is 11.3 Å². The van der Waals surface area contributed by atoms with Gasteiger partial charge in [0.15, 0.2) is 11.5 Å². The Morgan fingerprint density at radius 2 is 1.61 bits per heavy atom. The summed E-state index contributed by atoms with van der Waals surface area (Å²) in [7, 11) is 6.32. The molecule has 0 aliphatic rings. The monoisotopic (exact) mass is 472 g/mol. The maximum absolute atomic E-state index is 13.2. The third-order valence-corrected chi connectivity index (χ3v) is 5.74. The van der Waals surface area contributed by atoms with E-state index >= 15 is 0 Å². The van der Waals surface area contributed by atoms with Crippen LogP contribution in [0.2, 0.25) is 0 Å². The molecule has 0 saturated heterocycles. The second-order valence-electron chi connectivity index (χ2n) is 6.93. The van der Waals surface area contributed by atoms with E-state index in [1.807, 2.05) is 35.7 Å². The molecule has 176 valence electrons. The van der Waals surface area contributed by atoms with E-state index in [2.05, 4.69) is 4.98 Å². The minimum Gasteiger partial charge on any atom is -0.496 e. The van der Waals surface area contributed by atoms with Crippen LogP contribution in [-0.2, 0) is 17.9 Å². The lowest BCUT2D eigenvalue weighted by atomic mass is 10.1. The quantitative estimate of drug-likeness (QED) is 0.394. The third kappa shape index (κ3) is 6.15. The molecule has 1 aromatic heterocycles. The van der Waals surface area contributed by atoms with E-state index in [0.717, 1.165) is 10.7 Å². The highest BCUT2D eigenvalue weighted by Gasteiger charge is 2.21. The van der Waals surface area contributed by atoms with Gasteiger partial charge in [-0.1, -0.05) is 18.2 Å². The second kappa shape index (κ2) is 12.1. The molecule has 0 aliphatic heterocycles. The SMILES string of the molecule is COCCN(Cc1csc(COc2c(OC)cccc2OC)n1)C(=O)c1ccccc1OC. The van der Waals surface area contributed by atoms with Gasteiger partial charge >= 0.3 is 0 Å². The van der Waals surface area contributed by atoms with Crippen LogP contribution in [0.15, 0.2) is 47.8 Å². The van der Waals surface area contributed by atoms with E-state index in [0.29, 0.717) is 48.3 Å². The second-order valence-corrected chi connectivity index (χ2v) is 7.88. The minimum absolute atomic E-state index is 0.144. The number of hydrogen-bond donors (Lipinski definition) is 0. The Labute approximate surface area is 197 Å². The fourth-order valence-electron chi connectivity index (χ4n) is 3.22. The first-order chi connectivity index (χ1) is 16.1. The fraction of sp³-hybridized carbons (Fsp3) is 0.333. The summed E-state index contributed by atoms with van der Waals surface area (Å²) in [6.07, 6.45) is 0. The van der Waals surface area contributed by atoms with Gasteiger partial charge in [-0.05, 0) is 24.3 Å². The van der Waals surface area contributed by atoms with Crippen molar-refractivity contribution in [3.8, 4) is 23.0 Å². The molecule has 9 heteroatoms. The van der Waals surface area contributed by atoms with Gasteiger partial charge in [0, 0.05) is 19.0 Å². The highest BCUT2D eigenvalue weighted by atomic mass is 32.1. The number of rotatable bonds is 12. The molecule has 0 bridgehead atoms. The molecule has 3 rings (SSSR count). The summed E-state index contributed by atoms with van der Waals surface area (Å²) < 4.78 is 27.2. The Balaban J connectivity index is 1.72. The third-order valence-electron chi connectivity index (χ3n) is 4.86. The van der Waals surface area contributed by atoms with Crippen molar-refractivity contribution >= 4 is 17.2 Å². The number of thiazole rings is 1. The number of ether oxygens (including phenoxy) is 5. The maximum atomic E-state index is 13.2. The molecule has 0 spiro atoms. The van der Waals surface area contributed by atoms with Crippen molar-refractivity contribution < 1.29 is 28.5 Å². The highest BCUT2D eigenvalue weighted by Crippen LogP contribution is 2.37. The van der Waals surface area contributed by atoms with E-state index in [4.69, 9.17) is 23.7 Å². The van der Waals surface area contributed by atoms with E-state index in [-0.39, 0.29) is 12.5 Å². The van der Waals surface area contributed by atoms with Gasteiger partial charge in [0.25, 0.3) is 5.91 Å². The molecule has 0 fully saturated rings. The first-order valence-corrected chi connectivity index (χ1v) is 11.2. The van der Waals surface area contributed by atoms with Gasteiger partial charge in [0.1, 0.15) is 17.4 Å². The number of hydrogen-bond acceptors (Lipinski definition) is 8. The maximum Gasteiger partial charge on any atom is 0.258 e. The molecule has 2 aromatic carbocycles. The van der Waals surface area contributed by atoms with Crippen LogP contribution < -0.4 is 18.9 Å². The summed E-state index contributed by atoms with van der Waals surface area (Å²) in [5.41, 5.74) is 1.27. The number of nitrogens with zero attached hydrogens (tertiary/aromatic N) is 2. The lowest BCUT2D eigenvalue weighted by Gasteiger charge is -2.22. The zero-order valence-corrected chi connectivity index (χ0v) is 20.0. The summed E-state index contributed by atoms with van der Waals surface area (Å²) in [5.74, 6) is 2.07. The van der Waals surface area contributed by atoms with Crippen LogP contribution in [0, 0.1) is 0 Å². The first kappa shape index (κ1) is 24.3. The number of aromatic nitrogens is 1. The van der Waals surface area contributed by atoms with Crippen LogP contribution in [0.4, 0.5) is 0 Å². The van der Waals surface area contributed by atoms with Crippen LogP contribution in [0.5, 0.6) is 23.0 Å². The first-order valence-electron chi connectivity index (χ1n) is 10.3. The molecule has 0 radical (unpaired) electrons. The normalized spacial score (nSPS) is 10.5. The number of carbonyl (C=O) groups excluding carboxylic acids is 1. The molecule has 0 atom stereocenters. The number of para-hydroxylation sites is 2. The predicted molar refractivity (Wildman–Crippen MR) is 126 cm³/mol. The average Bonchev–Trinajstić information content (AvgIpc) is 3.31. The van der Waals surface area contributed by atoms with Crippen LogP contribution in [-0.4, -0.2) is 57.4 Å². The van der Waals surface area contributed by atoms with E-state index in [1.165, 1.54) is 11.3 Å². The lowest BCUT2D eigenvalue weighted by molar-refractivity contribution is 0.0675. The molecule has 33 heavy (non-hydrogen) atoms. The molecule has 0 saturated carbocycles. The van der Waals surface area contributed by atoms with Gasteiger partial charge in [-0.2, -0.15) is 0 Å². The summed E-state index contributed by atoms with van der Waals surface area (Å²) >= 11 is 1.47. The number of benzene rings is 2. The van der Waals surface area contributed by atoms with Gasteiger partial charge in [0.2, 0.25) is 5.75 Å². The molecular formula is C24H28N2O6S. The molecule has 8 nitrogen and oxygen atoms in total. The zero-order chi connectivity index (χ0) is 23.6. The van der Waals surface area contributed by atoms with Crippen molar-refractivity contribution in [2.75, 3.05) is 41.6 Å². The Hall–Kier alpha value is -3.30. The summed E-state index contributed by atoms with van der Waals surface area (Å²) in [6.45, 7) is 1.43. The standard InChI is InChI=1S/C24H28N2O6S/c1-28-13-12-26(24(27)18-8-5-6-9-19(18)29-2)14-17-16-33-22(25-17)15-32-23-20(30-3)10-7-11-21(23)31-4/h5-11,16H,12-15H2,1-4H3. The van der Waals surface area contributed by atoms with Crippen molar-refractivity contribution in [3.05, 3.63) is 64.1 Å². The minimum atomic E-state index is -0.144. The Kier molecular flexibility index (Phi) is 8.91. The summed E-state index contributed by atoms with van der Waals surface area (Å²) in [4.78, 5) is 19.6. The predicted octanol–water partition coefficient (Wildman–Crippen LogP) is 4.04. The fourth-order valence-corrected chi connectivity index (χ4v) is 3.92. The number of methoxy groups -OCH3 is 4. The zero-order valence-electron chi connectivity index (χ0n) is 19.2. The largest absolute Gasteiger partial charge is 0.496 e. The summed E-state index contributed by atoms with van der Waals surface area (Å²) in [5, 5.41) is 2.70. The molecule has 1 heterocycles. The van der Waals surface area contributed by atoms with Crippen molar-refractivity contribution in [2.24, 2.45) is 0 Å². The Morgan fingerprint density at radius 3 is 2.27 bits per heavy atom. The van der Waals surface area contributed by atoms with Crippen LogP contribution in [0.25, 0.3) is 0 Å². The summed E-state index contributed by atoms with van der Waals surface area (Å²) in [6, 6.07) is 12.6. The van der Waals surface area contributed by atoms with Gasteiger partial charge in [0.05, 0.1) is 45.7 Å². The molecule has 1 amide bonds. The van der Waals surface area contributed by atoms with Crippen molar-refractivity contribution in [1.29, 1.82) is 0 Å². The highest BCUT2D eigenvalue weighted by molar-refractivity contribution is 7.09. The van der Waals surface area contributed by atoms with E-state index in [1.54, 1.807) is 45.5 Å². The van der Waals surface area contributed by atoms with Gasteiger partial charge in [-0.15, -0.1) is 11.3 Å². The molecule has 0 aliphatic carbocycles. The van der Waals surface area contributed by atoms with Crippen molar-refractivity contribution in [3.63, 3.8) is 0 Å². The van der Waals surface area contributed by atoms with E-state index < -0.39 is 0 Å². The Bertz CT molecular complexity index is 1030. The van der Waals surface area contributed by atoms with Crippen LogP contribution in [0.3, 0.4) is 0 Å². The lowest BCUT2D eigenvalue weighted by Crippen LogP contribution is -2.33. The topological polar surface area (TPSA) is 79.4 Å². The average molecular weight is 473 g/mol. The van der Waals surface area contributed by atoms with Gasteiger partial charge in [-0.25, -0.2) is 4.98 Å². The van der Waals surface area contributed by atoms with Crippen molar-refractivity contribution in [2.45, 2.75) is 13.2 Å². The molecule has 3 aromatic rings. The number of carbonyl (C=O) groups is 1. The molecule has 0 N–H and O–H groups in total. The van der Waals surface area contributed by atoms with Gasteiger partial charge < -0.3 is 28.6 Å². The Morgan fingerprint density at radius 1 is 0.939 bits per heavy atom. The van der Waals surface area contributed by atoms with Crippen molar-refractivity contribution in [1.82, 2.24) is 9.88 Å². The molecule has 0 unspecified atom stereocenters.